The number of alkyl carbamates (subject to hydrolysis) is 1. The van der Waals surface area contributed by atoms with Crippen LogP contribution in [-0.4, -0.2) is 23.3 Å². The van der Waals surface area contributed by atoms with Crippen LogP contribution in [-0.2, 0) is 11.3 Å². The van der Waals surface area contributed by atoms with Gasteiger partial charge in [-0.05, 0) is 19.4 Å². The SMILES string of the molecule is C[C@H](O)[C@H](C)NC(=O)OCc1ccccc1. The van der Waals surface area contributed by atoms with E-state index in [9.17, 15) is 9.90 Å². The molecule has 88 valence electrons. The third kappa shape index (κ3) is 4.31. The number of hydrogen-bond acceptors (Lipinski definition) is 3. The molecular formula is C12H17NO3. The van der Waals surface area contributed by atoms with Crippen LogP contribution in [0.3, 0.4) is 0 Å². The number of ether oxygens (including phenoxy) is 1. The zero-order valence-corrected chi connectivity index (χ0v) is 9.51. The van der Waals surface area contributed by atoms with Crippen molar-refractivity contribution in [2.75, 3.05) is 0 Å². The van der Waals surface area contributed by atoms with Crippen LogP contribution in [0.25, 0.3) is 0 Å². The van der Waals surface area contributed by atoms with Crippen molar-refractivity contribution in [1.82, 2.24) is 5.32 Å². The lowest BCUT2D eigenvalue weighted by Crippen LogP contribution is -2.39. The van der Waals surface area contributed by atoms with Crippen molar-refractivity contribution in [3.05, 3.63) is 35.9 Å². The van der Waals surface area contributed by atoms with Gasteiger partial charge in [-0.25, -0.2) is 4.79 Å². The van der Waals surface area contributed by atoms with E-state index in [2.05, 4.69) is 5.32 Å². The van der Waals surface area contributed by atoms with Crippen LogP contribution in [0.5, 0.6) is 0 Å². The number of rotatable bonds is 4. The minimum Gasteiger partial charge on any atom is -0.445 e. The van der Waals surface area contributed by atoms with Crippen LogP contribution in [0.2, 0.25) is 0 Å². The van der Waals surface area contributed by atoms with Crippen LogP contribution in [0.1, 0.15) is 19.4 Å². The number of aliphatic hydroxyl groups excluding tert-OH is 1. The van der Waals surface area contributed by atoms with Gasteiger partial charge in [0.05, 0.1) is 12.1 Å². The van der Waals surface area contributed by atoms with Crippen LogP contribution in [0.4, 0.5) is 4.79 Å². The molecule has 0 heterocycles. The Morgan fingerprint density at radius 1 is 1.38 bits per heavy atom. The molecule has 1 aromatic rings. The Kier molecular flexibility index (Phi) is 4.79. The zero-order chi connectivity index (χ0) is 12.0. The fourth-order valence-electron chi connectivity index (χ4n) is 1.07. The highest BCUT2D eigenvalue weighted by Gasteiger charge is 2.12. The minimum atomic E-state index is -0.593. The summed E-state index contributed by atoms with van der Waals surface area (Å²) in [4.78, 5) is 11.3. The second-order valence-electron chi connectivity index (χ2n) is 3.74. The Morgan fingerprint density at radius 3 is 2.56 bits per heavy atom. The zero-order valence-electron chi connectivity index (χ0n) is 9.51. The van der Waals surface area contributed by atoms with E-state index in [4.69, 9.17) is 4.74 Å². The van der Waals surface area contributed by atoms with E-state index < -0.39 is 12.2 Å². The van der Waals surface area contributed by atoms with Gasteiger partial charge < -0.3 is 15.2 Å². The first kappa shape index (κ1) is 12.5. The molecule has 0 aliphatic heterocycles. The van der Waals surface area contributed by atoms with Crippen molar-refractivity contribution in [3.63, 3.8) is 0 Å². The summed E-state index contributed by atoms with van der Waals surface area (Å²) >= 11 is 0. The van der Waals surface area contributed by atoms with Gasteiger partial charge in [-0.15, -0.1) is 0 Å². The number of benzene rings is 1. The molecule has 1 rings (SSSR count). The average Bonchev–Trinajstić information content (AvgIpc) is 2.27. The molecule has 2 atom stereocenters. The number of aliphatic hydroxyl groups is 1. The molecule has 0 saturated carbocycles. The lowest BCUT2D eigenvalue weighted by molar-refractivity contribution is 0.113. The van der Waals surface area contributed by atoms with Gasteiger partial charge in [-0.3, -0.25) is 0 Å². The minimum absolute atomic E-state index is 0.235. The van der Waals surface area contributed by atoms with Gasteiger partial charge in [0.1, 0.15) is 6.61 Å². The van der Waals surface area contributed by atoms with E-state index in [-0.39, 0.29) is 12.6 Å². The summed E-state index contributed by atoms with van der Waals surface area (Å²) in [7, 11) is 0. The molecule has 0 saturated heterocycles. The van der Waals surface area contributed by atoms with Gasteiger partial charge >= 0.3 is 6.09 Å². The second kappa shape index (κ2) is 6.12. The second-order valence-corrected chi connectivity index (χ2v) is 3.74. The summed E-state index contributed by atoms with van der Waals surface area (Å²) in [5.41, 5.74) is 0.933. The Balaban J connectivity index is 2.31. The molecule has 4 heteroatoms. The molecule has 0 aliphatic carbocycles. The summed E-state index contributed by atoms with van der Waals surface area (Å²) in [5.74, 6) is 0. The molecule has 16 heavy (non-hydrogen) atoms. The van der Waals surface area contributed by atoms with E-state index in [1.807, 2.05) is 30.3 Å². The van der Waals surface area contributed by atoms with Crippen LogP contribution >= 0.6 is 0 Å². The molecule has 1 amide bonds. The molecule has 0 radical (unpaired) electrons. The van der Waals surface area contributed by atoms with Gasteiger partial charge in [-0.1, -0.05) is 30.3 Å². The standard InChI is InChI=1S/C12H17NO3/c1-9(10(2)14)13-12(15)16-8-11-6-4-3-5-7-11/h3-7,9-10,14H,8H2,1-2H3,(H,13,15)/t9-,10-/m0/s1. The smallest absolute Gasteiger partial charge is 0.407 e. The first-order chi connectivity index (χ1) is 7.59. The number of carbonyl (C=O) groups excluding carboxylic acids is 1. The first-order valence-electron chi connectivity index (χ1n) is 5.25. The van der Waals surface area contributed by atoms with E-state index in [1.54, 1.807) is 13.8 Å². The average molecular weight is 223 g/mol. The molecule has 1 aromatic carbocycles. The fraction of sp³-hybridized carbons (Fsp3) is 0.417. The topological polar surface area (TPSA) is 58.6 Å². The third-order valence-corrected chi connectivity index (χ3v) is 2.28. The van der Waals surface area contributed by atoms with Gasteiger partial charge in [0.2, 0.25) is 0 Å². The lowest BCUT2D eigenvalue weighted by Gasteiger charge is -2.16. The van der Waals surface area contributed by atoms with Crippen molar-refractivity contribution in [1.29, 1.82) is 0 Å². The third-order valence-electron chi connectivity index (χ3n) is 2.28. The van der Waals surface area contributed by atoms with Gasteiger partial charge in [0, 0.05) is 0 Å². The Morgan fingerprint density at radius 2 is 2.00 bits per heavy atom. The predicted molar refractivity (Wildman–Crippen MR) is 60.9 cm³/mol. The summed E-state index contributed by atoms with van der Waals surface area (Å²) in [6.07, 6.45) is -1.11. The summed E-state index contributed by atoms with van der Waals surface area (Å²) in [6.45, 7) is 3.57. The highest BCUT2D eigenvalue weighted by Crippen LogP contribution is 2.01. The molecule has 0 aromatic heterocycles. The highest BCUT2D eigenvalue weighted by atomic mass is 16.5. The largest absolute Gasteiger partial charge is 0.445 e. The van der Waals surface area contributed by atoms with Crippen molar-refractivity contribution in [2.24, 2.45) is 0 Å². The molecule has 0 aliphatic rings. The van der Waals surface area contributed by atoms with E-state index in [1.165, 1.54) is 0 Å². The molecule has 2 N–H and O–H groups in total. The predicted octanol–water partition coefficient (Wildman–Crippen LogP) is 1.68. The number of amides is 1. The van der Waals surface area contributed by atoms with Gasteiger partial charge in [0.25, 0.3) is 0 Å². The number of hydrogen-bond donors (Lipinski definition) is 2. The molecular weight excluding hydrogens is 206 g/mol. The maximum absolute atomic E-state index is 11.3. The van der Waals surface area contributed by atoms with Crippen LogP contribution in [0.15, 0.2) is 30.3 Å². The maximum Gasteiger partial charge on any atom is 0.407 e. The van der Waals surface area contributed by atoms with E-state index in [0.717, 1.165) is 5.56 Å². The highest BCUT2D eigenvalue weighted by molar-refractivity contribution is 5.67. The van der Waals surface area contributed by atoms with Crippen LogP contribution < -0.4 is 5.32 Å². The van der Waals surface area contributed by atoms with Crippen molar-refractivity contribution in [3.8, 4) is 0 Å². The number of carbonyl (C=O) groups is 1. The Bertz CT molecular complexity index is 324. The molecule has 0 unspecified atom stereocenters. The monoisotopic (exact) mass is 223 g/mol. The fourth-order valence-corrected chi connectivity index (χ4v) is 1.07. The molecule has 0 spiro atoms. The number of nitrogens with one attached hydrogen (secondary N) is 1. The summed E-state index contributed by atoms with van der Waals surface area (Å²) in [6, 6.07) is 9.11. The Hall–Kier alpha value is -1.55. The van der Waals surface area contributed by atoms with Gasteiger partial charge in [0.15, 0.2) is 0 Å². The van der Waals surface area contributed by atoms with E-state index in [0.29, 0.717) is 0 Å². The maximum atomic E-state index is 11.3. The molecule has 0 fully saturated rings. The lowest BCUT2D eigenvalue weighted by atomic mass is 10.2. The van der Waals surface area contributed by atoms with Crippen LogP contribution in [0, 0.1) is 0 Å². The van der Waals surface area contributed by atoms with Crippen molar-refractivity contribution < 1.29 is 14.6 Å². The Labute approximate surface area is 95.2 Å². The summed E-state index contributed by atoms with van der Waals surface area (Å²) in [5, 5.41) is 11.7. The van der Waals surface area contributed by atoms with Gasteiger partial charge in [-0.2, -0.15) is 0 Å². The van der Waals surface area contributed by atoms with Crippen molar-refractivity contribution >= 4 is 6.09 Å². The normalized spacial score (nSPS) is 13.9. The first-order valence-corrected chi connectivity index (χ1v) is 5.25. The molecule has 4 nitrogen and oxygen atoms in total. The quantitative estimate of drug-likeness (QED) is 0.816. The van der Waals surface area contributed by atoms with E-state index >= 15 is 0 Å². The van der Waals surface area contributed by atoms with Crippen molar-refractivity contribution in [2.45, 2.75) is 32.6 Å². The molecule has 0 bridgehead atoms. The summed E-state index contributed by atoms with van der Waals surface area (Å²) < 4.78 is 4.99.